The van der Waals surface area contributed by atoms with Crippen molar-refractivity contribution in [1.29, 1.82) is 0 Å². The monoisotopic (exact) mass is 235 g/mol. The number of nitrogen functional groups attached to an aromatic ring is 1. The van der Waals surface area contributed by atoms with Crippen molar-refractivity contribution in [2.45, 2.75) is 20.0 Å². The Labute approximate surface area is 92.1 Å². The molecule has 1 aromatic rings. The minimum Gasteiger partial charge on any atom is -0.388 e. The second-order valence-corrected chi connectivity index (χ2v) is 3.98. The summed E-state index contributed by atoms with van der Waals surface area (Å²) in [6, 6.07) is 0. The van der Waals surface area contributed by atoms with E-state index < -0.39 is 6.10 Å². The molecule has 0 amide bonds. The number of halogens is 2. The Balaban J connectivity index is 3.20. The lowest BCUT2D eigenvalue weighted by Gasteiger charge is -2.16. The van der Waals surface area contributed by atoms with Crippen LogP contribution in [-0.2, 0) is 0 Å². The van der Waals surface area contributed by atoms with Gasteiger partial charge in [-0.25, -0.2) is 9.97 Å². The van der Waals surface area contributed by atoms with Crippen molar-refractivity contribution >= 4 is 29.2 Å². The van der Waals surface area contributed by atoms with Crippen molar-refractivity contribution in [3.05, 3.63) is 15.9 Å². The standard InChI is InChI=1S/C8H11Cl2N3O/c1-3(2)5(14)4-6(9)12-8(11)13-7(4)10/h3,5,14H,1-2H3,(H2,11,12,13). The van der Waals surface area contributed by atoms with Crippen LogP contribution >= 0.6 is 23.2 Å². The minimum atomic E-state index is -0.782. The van der Waals surface area contributed by atoms with Gasteiger partial charge in [-0.1, -0.05) is 37.0 Å². The summed E-state index contributed by atoms with van der Waals surface area (Å²) in [5.41, 5.74) is 5.66. The maximum atomic E-state index is 9.76. The summed E-state index contributed by atoms with van der Waals surface area (Å²) in [6.45, 7) is 3.68. The molecule has 0 aromatic carbocycles. The molecule has 0 aliphatic carbocycles. The first kappa shape index (κ1) is 11.5. The highest BCUT2D eigenvalue weighted by Crippen LogP contribution is 2.32. The second-order valence-electron chi connectivity index (χ2n) is 3.27. The molecule has 1 heterocycles. The first-order valence-corrected chi connectivity index (χ1v) is 4.85. The second kappa shape index (κ2) is 4.29. The van der Waals surface area contributed by atoms with Gasteiger partial charge < -0.3 is 10.8 Å². The Kier molecular flexibility index (Phi) is 3.53. The van der Waals surface area contributed by atoms with Gasteiger partial charge in [-0.3, -0.25) is 0 Å². The fourth-order valence-electron chi connectivity index (χ4n) is 1.01. The average Bonchev–Trinajstić information content (AvgIpc) is 2.01. The molecule has 6 heteroatoms. The summed E-state index contributed by atoms with van der Waals surface area (Å²) < 4.78 is 0. The number of anilines is 1. The summed E-state index contributed by atoms with van der Waals surface area (Å²) >= 11 is 11.6. The van der Waals surface area contributed by atoms with Crippen LogP contribution in [0.2, 0.25) is 10.3 Å². The van der Waals surface area contributed by atoms with Crippen molar-refractivity contribution in [1.82, 2.24) is 9.97 Å². The van der Waals surface area contributed by atoms with E-state index in [0.29, 0.717) is 5.56 Å². The van der Waals surface area contributed by atoms with Crippen LogP contribution in [0.5, 0.6) is 0 Å². The number of hydrogen-bond acceptors (Lipinski definition) is 4. The van der Waals surface area contributed by atoms with Crippen LogP contribution in [0.4, 0.5) is 5.95 Å². The number of aliphatic hydroxyl groups excluding tert-OH is 1. The summed E-state index contributed by atoms with van der Waals surface area (Å²) in [4.78, 5) is 7.45. The topological polar surface area (TPSA) is 72.0 Å². The van der Waals surface area contributed by atoms with E-state index in [-0.39, 0.29) is 22.2 Å². The van der Waals surface area contributed by atoms with Crippen molar-refractivity contribution in [3.8, 4) is 0 Å². The number of aliphatic hydroxyl groups is 1. The number of hydrogen-bond donors (Lipinski definition) is 2. The lowest BCUT2D eigenvalue weighted by molar-refractivity contribution is 0.126. The number of aromatic nitrogens is 2. The van der Waals surface area contributed by atoms with Crippen LogP contribution in [-0.4, -0.2) is 15.1 Å². The van der Waals surface area contributed by atoms with Gasteiger partial charge in [0.15, 0.2) is 0 Å². The molecule has 0 radical (unpaired) electrons. The van der Waals surface area contributed by atoms with Crippen LogP contribution in [0.15, 0.2) is 0 Å². The van der Waals surface area contributed by atoms with Crippen LogP contribution in [0.3, 0.4) is 0 Å². The van der Waals surface area contributed by atoms with E-state index in [1.165, 1.54) is 0 Å². The lowest BCUT2D eigenvalue weighted by Crippen LogP contribution is -2.10. The third-order valence-electron chi connectivity index (χ3n) is 1.80. The van der Waals surface area contributed by atoms with Gasteiger partial charge in [-0.05, 0) is 5.92 Å². The predicted octanol–water partition coefficient (Wildman–Crippen LogP) is 2.06. The van der Waals surface area contributed by atoms with Gasteiger partial charge in [0.2, 0.25) is 5.95 Å². The van der Waals surface area contributed by atoms with E-state index in [4.69, 9.17) is 28.9 Å². The van der Waals surface area contributed by atoms with Gasteiger partial charge in [-0.2, -0.15) is 0 Å². The zero-order chi connectivity index (χ0) is 10.9. The van der Waals surface area contributed by atoms with Gasteiger partial charge in [0.1, 0.15) is 10.3 Å². The molecule has 0 saturated heterocycles. The highest BCUT2D eigenvalue weighted by molar-refractivity contribution is 6.34. The molecule has 14 heavy (non-hydrogen) atoms. The van der Waals surface area contributed by atoms with E-state index in [2.05, 4.69) is 9.97 Å². The molecular formula is C8H11Cl2N3O. The molecular weight excluding hydrogens is 225 g/mol. The molecule has 78 valence electrons. The Hall–Kier alpha value is -0.580. The third-order valence-corrected chi connectivity index (χ3v) is 2.37. The Morgan fingerprint density at radius 1 is 1.21 bits per heavy atom. The SMILES string of the molecule is CC(C)C(O)c1c(Cl)nc(N)nc1Cl. The quantitative estimate of drug-likeness (QED) is 0.771. The number of nitrogens with two attached hydrogens (primary N) is 1. The summed E-state index contributed by atoms with van der Waals surface area (Å²) in [6.07, 6.45) is -0.782. The van der Waals surface area contributed by atoms with Gasteiger partial charge in [-0.15, -0.1) is 0 Å². The van der Waals surface area contributed by atoms with Crippen LogP contribution in [0, 0.1) is 5.92 Å². The van der Waals surface area contributed by atoms with E-state index in [1.807, 2.05) is 13.8 Å². The summed E-state index contributed by atoms with van der Waals surface area (Å²) in [7, 11) is 0. The van der Waals surface area contributed by atoms with Crippen molar-refractivity contribution < 1.29 is 5.11 Å². The van der Waals surface area contributed by atoms with Gasteiger partial charge in [0.05, 0.1) is 11.7 Å². The third kappa shape index (κ3) is 2.26. The normalized spacial score (nSPS) is 13.3. The predicted molar refractivity (Wildman–Crippen MR) is 56.3 cm³/mol. The molecule has 0 fully saturated rings. The van der Waals surface area contributed by atoms with Crippen molar-refractivity contribution in [2.75, 3.05) is 5.73 Å². The summed E-state index contributed by atoms with van der Waals surface area (Å²) in [5.74, 6) is -0.0167. The van der Waals surface area contributed by atoms with Crippen LogP contribution < -0.4 is 5.73 Å². The van der Waals surface area contributed by atoms with E-state index in [0.717, 1.165) is 0 Å². The van der Waals surface area contributed by atoms with Crippen molar-refractivity contribution in [2.24, 2.45) is 5.92 Å². The molecule has 1 unspecified atom stereocenters. The smallest absolute Gasteiger partial charge is 0.222 e. The minimum absolute atomic E-state index is 0.000272. The zero-order valence-electron chi connectivity index (χ0n) is 7.83. The van der Waals surface area contributed by atoms with E-state index in [9.17, 15) is 5.11 Å². The molecule has 3 N–H and O–H groups in total. The highest BCUT2D eigenvalue weighted by Gasteiger charge is 2.21. The maximum Gasteiger partial charge on any atom is 0.222 e. The maximum absolute atomic E-state index is 9.76. The molecule has 4 nitrogen and oxygen atoms in total. The van der Waals surface area contributed by atoms with Crippen LogP contribution in [0.1, 0.15) is 25.5 Å². The van der Waals surface area contributed by atoms with E-state index >= 15 is 0 Å². The average molecular weight is 236 g/mol. The Bertz CT molecular complexity index is 320. The Morgan fingerprint density at radius 3 is 2.00 bits per heavy atom. The first-order valence-electron chi connectivity index (χ1n) is 4.10. The first-order chi connectivity index (χ1) is 6.43. The molecule has 0 bridgehead atoms. The van der Waals surface area contributed by atoms with Gasteiger partial charge in [0, 0.05) is 0 Å². The fourth-order valence-corrected chi connectivity index (χ4v) is 1.63. The molecule has 0 aliphatic rings. The van der Waals surface area contributed by atoms with Crippen molar-refractivity contribution in [3.63, 3.8) is 0 Å². The number of nitrogens with zero attached hydrogens (tertiary/aromatic N) is 2. The Morgan fingerprint density at radius 2 is 1.64 bits per heavy atom. The molecule has 1 aromatic heterocycles. The van der Waals surface area contributed by atoms with Gasteiger partial charge in [0.25, 0.3) is 0 Å². The molecule has 0 aliphatic heterocycles. The number of rotatable bonds is 2. The molecule has 0 saturated carbocycles. The summed E-state index contributed by atoms with van der Waals surface area (Å²) in [5, 5.41) is 9.96. The lowest BCUT2D eigenvalue weighted by atomic mass is 10.0. The van der Waals surface area contributed by atoms with Gasteiger partial charge >= 0.3 is 0 Å². The van der Waals surface area contributed by atoms with E-state index in [1.54, 1.807) is 0 Å². The zero-order valence-corrected chi connectivity index (χ0v) is 9.34. The fraction of sp³-hybridized carbons (Fsp3) is 0.500. The molecule has 0 spiro atoms. The molecule has 1 rings (SSSR count). The van der Waals surface area contributed by atoms with Crippen LogP contribution in [0.25, 0.3) is 0 Å². The molecule has 1 atom stereocenters. The highest BCUT2D eigenvalue weighted by atomic mass is 35.5. The largest absolute Gasteiger partial charge is 0.388 e.